The number of aliphatic carboxylic acids is 1. The minimum atomic E-state index is -2.73. The Kier molecular flexibility index (Phi) is 10.3. The maximum atomic E-state index is 13.5. The lowest BCUT2D eigenvalue weighted by Gasteiger charge is -2.15. The summed E-state index contributed by atoms with van der Waals surface area (Å²) < 4.78 is 13.5. The van der Waals surface area contributed by atoms with E-state index in [4.69, 9.17) is 5.11 Å². The normalized spacial score (nSPS) is 21.6. The van der Waals surface area contributed by atoms with Crippen LogP contribution in [-0.2, 0) is 9.59 Å². The molecular formula is C22H33FO5. The molecule has 1 rings (SSSR count). The number of aliphatic hydroxyl groups is 2. The van der Waals surface area contributed by atoms with Crippen LogP contribution in [0.1, 0.15) is 64.7 Å². The zero-order chi connectivity index (χ0) is 21.2. The monoisotopic (exact) mass is 396 g/mol. The molecular weight excluding hydrogens is 363 g/mol. The minimum Gasteiger partial charge on any atom is -0.477 e. The van der Waals surface area contributed by atoms with Crippen LogP contribution >= 0.6 is 0 Å². The zero-order valence-electron chi connectivity index (χ0n) is 16.6. The van der Waals surface area contributed by atoms with Crippen molar-refractivity contribution < 1.29 is 29.3 Å². The average Bonchev–Trinajstić information content (AvgIpc) is 2.97. The summed E-state index contributed by atoms with van der Waals surface area (Å²) in [7, 11) is 0. The van der Waals surface area contributed by atoms with Crippen LogP contribution in [-0.4, -0.2) is 32.9 Å². The van der Waals surface area contributed by atoms with E-state index in [1.54, 1.807) is 12.2 Å². The van der Waals surface area contributed by atoms with Crippen molar-refractivity contribution in [2.24, 2.45) is 17.8 Å². The van der Waals surface area contributed by atoms with Gasteiger partial charge in [0.05, 0.1) is 5.83 Å². The Morgan fingerprint density at radius 3 is 2.68 bits per heavy atom. The SMILES string of the molecule is C=C(F)[C@@H](CC=C[C@H]1CCC(=O)[C@@H]1CC=CCCC(O)(O)C(=O)O)CCCC. The molecule has 0 bridgehead atoms. The first-order valence-corrected chi connectivity index (χ1v) is 10.1. The third-order valence-electron chi connectivity index (χ3n) is 5.37. The number of hydrogen-bond donors (Lipinski definition) is 3. The Balaban J connectivity index is 2.52. The van der Waals surface area contributed by atoms with Gasteiger partial charge in [-0.25, -0.2) is 9.18 Å². The number of rotatable bonds is 13. The highest BCUT2D eigenvalue weighted by molar-refractivity contribution is 5.83. The average molecular weight is 396 g/mol. The van der Waals surface area contributed by atoms with Gasteiger partial charge in [-0.2, -0.15) is 0 Å². The largest absolute Gasteiger partial charge is 0.477 e. The van der Waals surface area contributed by atoms with Crippen molar-refractivity contribution in [3.05, 3.63) is 36.7 Å². The molecule has 1 aliphatic rings. The van der Waals surface area contributed by atoms with E-state index in [2.05, 4.69) is 13.5 Å². The van der Waals surface area contributed by atoms with Crippen LogP contribution in [0, 0.1) is 17.8 Å². The lowest BCUT2D eigenvalue weighted by Crippen LogP contribution is -2.37. The first kappa shape index (κ1) is 24.2. The quantitative estimate of drug-likeness (QED) is 0.318. The van der Waals surface area contributed by atoms with Crippen molar-refractivity contribution in [1.29, 1.82) is 0 Å². The second-order valence-electron chi connectivity index (χ2n) is 7.59. The summed E-state index contributed by atoms with van der Waals surface area (Å²) >= 11 is 0. The van der Waals surface area contributed by atoms with Crippen molar-refractivity contribution in [3.8, 4) is 0 Å². The Bertz CT molecular complexity index is 594. The molecule has 158 valence electrons. The molecule has 1 saturated carbocycles. The van der Waals surface area contributed by atoms with Crippen LogP contribution in [0.25, 0.3) is 0 Å². The van der Waals surface area contributed by atoms with E-state index < -0.39 is 11.8 Å². The predicted octanol–water partition coefficient (Wildman–Crippen LogP) is 4.31. The highest BCUT2D eigenvalue weighted by atomic mass is 19.1. The van der Waals surface area contributed by atoms with Gasteiger partial charge in [0.1, 0.15) is 5.78 Å². The molecule has 1 fully saturated rings. The van der Waals surface area contributed by atoms with E-state index >= 15 is 0 Å². The highest BCUT2D eigenvalue weighted by Gasteiger charge is 2.33. The fourth-order valence-corrected chi connectivity index (χ4v) is 3.49. The Labute approximate surface area is 166 Å². The van der Waals surface area contributed by atoms with Gasteiger partial charge < -0.3 is 15.3 Å². The van der Waals surface area contributed by atoms with E-state index in [1.807, 2.05) is 12.2 Å². The number of carboxylic acid groups (broad SMARTS) is 1. The molecule has 0 spiro atoms. The molecule has 0 heterocycles. The Morgan fingerprint density at radius 2 is 2.07 bits per heavy atom. The summed E-state index contributed by atoms with van der Waals surface area (Å²) in [6, 6.07) is 0. The molecule has 28 heavy (non-hydrogen) atoms. The maximum Gasteiger partial charge on any atom is 0.364 e. The summed E-state index contributed by atoms with van der Waals surface area (Å²) in [5.41, 5.74) is 0. The van der Waals surface area contributed by atoms with E-state index in [1.165, 1.54) is 0 Å². The lowest BCUT2D eigenvalue weighted by molar-refractivity contribution is -0.205. The molecule has 3 N–H and O–H groups in total. The van der Waals surface area contributed by atoms with E-state index in [-0.39, 0.29) is 42.2 Å². The number of Topliss-reactive ketones (excluding diaryl/α,β-unsaturated/α-hetero) is 1. The Hall–Kier alpha value is -1.79. The summed E-state index contributed by atoms with van der Waals surface area (Å²) in [6.07, 6.45) is 12.5. The number of allylic oxidation sites excluding steroid dienone is 5. The summed E-state index contributed by atoms with van der Waals surface area (Å²) in [4.78, 5) is 22.8. The van der Waals surface area contributed by atoms with E-state index in [0.29, 0.717) is 19.3 Å². The molecule has 0 radical (unpaired) electrons. The van der Waals surface area contributed by atoms with Gasteiger partial charge in [-0.15, -0.1) is 0 Å². The van der Waals surface area contributed by atoms with Crippen molar-refractivity contribution >= 4 is 11.8 Å². The number of carboxylic acids is 1. The number of carbonyl (C=O) groups excluding carboxylic acids is 1. The maximum absolute atomic E-state index is 13.5. The number of carbonyl (C=O) groups is 2. The molecule has 0 amide bonds. The van der Waals surface area contributed by atoms with Crippen LogP contribution in [0.4, 0.5) is 4.39 Å². The highest BCUT2D eigenvalue weighted by Crippen LogP contribution is 2.33. The van der Waals surface area contributed by atoms with Crippen molar-refractivity contribution in [2.45, 2.75) is 70.5 Å². The van der Waals surface area contributed by atoms with Gasteiger partial charge in [-0.1, -0.05) is 50.6 Å². The smallest absolute Gasteiger partial charge is 0.364 e. The van der Waals surface area contributed by atoms with E-state index in [0.717, 1.165) is 25.7 Å². The lowest BCUT2D eigenvalue weighted by atomic mass is 9.90. The first-order chi connectivity index (χ1) is 13.2. The van der Waals surface area contributed by atoms with Gasteiger partial charge in [0.15, 0.2) is 0 Å². The van der Waals surface area contributed by atoms with Crippen LogP contribution in [0.15, 0.2) is 36.7 Å². The molecule has 3 atom stereocenters. The van der Waals surface area contributed by atoms with Crippen molar-refractivity contribution in [1.82, 2.24) is 0 Å². The second kappa shape index (κ2) is 11.9. The fraction of sp³-hybridized carbons (Fsp3) is 0.636. The summed E-state index contributed by atoms with van der Waals surface area (Å²) in [6.45, 7) is 5.50. The molecule has 0 aromatic rings. The second-order valence-corrected chi connectivity index (χ2v) is 7.59. The summed E-state index contributed by atoms with van der Waals surface area (Å²) in [5, 5.41) is 27.1. The third kappa shape index (κ3) is 8.07. The fourth-order valence-electron chi connectivity index (χ4n) is 3.49. The standard InChI is InChI=1S/C22H33FO5/c1-3-4-9-17(16(2)23)10-8-11-18-13-14-20(24)19(18)12-6-5-7-15-22(27,28)21(25)26/h5-6,8,11,17-19,27-28H,2-4,7,9-10,12-15H2,1H3,(H,25,26)/t17-,18+,19-/m1/s1. The number of ketones is 1. The number of halogens is 1. The van der Waals surface area contributed by atoms with Crippen LogP contribution in [0.2, 0.25) is 0 Å². The van der Waals surface area contributed by atoms with Crippen LogP contribution in [0.3, 0.4) is 0 Å². The molecule has 0 unspecified atom stereocenters. The van der Waals surface area contributed by atoms with Gasteiger partial charge in [-0.05, 0) is 38.0 Å². The molecule has 0 aromatic carbocycles. The first-order valence-electron chi connectivity index (χ1n) is 10.1. The molecule has 1 aliphatic carbocycles. The molecule has 0 saturated heterocycles. The zero-order valence-corrected chi connectivity index (χ0v) is 16.6. The number of unbranched alkanes of at least 4 members (excludes halogenated alkanes) is 1. The van der Waals surface area contributed by atoms with Crippen molar-refractivity contribution in [3.63, 3.8) is 0 Å². The van der Waals surface area contributed by atoms with E-state index in [9.17, 15) is 24.2 Å². The van der Waals surface area contributed by atoms with Crippen LogP contribution < -0.4 is 0 Å². The van der Waals surface area contributed by atoms with Gasteiger partial charge in [0.25, 0.3) is 5.79 Å². The van der Waals surface area contributed by atoms with Crippen LogP contribution in [0.5, 0.6) is 0 Å². The van der Waals surface area contributed by atoms with Gasteiger partial charge in [-0.3, -0.25) is 4.79 Å². The predicted molar refractivity (Wildman–Crippen MR) is 106 cm³/mol. The molecule has 6 heteroatoms. The Morgan fingerprint density at radius 1 is 1.36 bits per heavy atom. The number of hydrogen-bond acceptors (Lipinski definition) is 4. The molecule has 0 aromatic heterocycles. The summed E-state index contributed by atoms with van der Waals surface area (Å²) in [5.74, 6) is -4.68. The third-order valence-corrected chi connectivity index (χ3v) is 5.37. The molecule has 5 nitrogen and oxygen atoms in total. The van der Waals surface area contributed by atoms with Gasteiger partial charge in [0, 0.05) is 24.7 Å². The van der Waals surface area contributed by atoms with Gasteiger partial charge in [0.2, 0.25) is 0 Å². The van der Waals surface area contributed by atoms with Gasteiger partial charge >= 0.3 is 5.97 Å². The minimum absolute atomic E-state index is 0.116. The molecule has 0 aliphatic heterocycles. The van der Waals surface area contributed by atoms with Crippen molar-refractivity contribution in [2.75, 3.05) is 0 Å². The topological polar surface area (TPSA) is 94.8 Å².